The molecule has 5 heterocycles. The smallest absolute Gasteiger partial charge is 0.261 e. The van der Waals surface area contributed by atoms with Gasteiger partial charge in [0.25, 0.3) is 18.2 Å². The number of amides is 7. The van der Waals surface area contributed by atoms with Crippen LogP contribution in [0.15, 0.2) is 72.9 Å². The summed E-state index contributed by atoms with van der Waals surface area (Å²) in [5, 5.41) is 119. The first-order chi connectivity index (χ1) is 43.5. The van der Waals surface area contributed by atoms with E-state index in [-0.39, 0.29) is 29.6 Å². The lowest BCUT2D eigenvalue weighted by Gasteiger charge is -2.34. The van der Waals surface area contributed by atoms with Crippen LogP contribution in [-0.2, 0) is 38.1 Å². The topological polar surface area (TPSA) is 440 Å². The predicted octanol–water partition coefficient (Wildman–Crippen LogP) is -0.736. The lowest BCUT2D eigenvalue weighted by molar-refractivity contribution is -0.433. The highest BCUT2D eigenvalue weighted by molar-refractivity contribution is 7.90. The van der Waals surface area contributed by atoms with Gasteiger partial charge in [-0.1, -0.05) is 52.3 Å². The molecule has 31 nitrogen and oxygen atoms in total. The summed E-state index contributed by atoms with van der Waals surface area (Å²) in [5.74, 6) is -9.62. The van der Waals surface area contributed by atoms with Crippen LogP contribution >= 0.6 is 23.7 Å². The summed E-state index contributed by atoms with van der Waals surface area (Å²) in [6.07, 6.45) is -7.24. The Hall–Kier alpha value is -8.11. The molecule has 3 saturated heterocycles. The molecule has 4 fully saturated rings. The molecule has 3 aliphatic heterocycles. The van der Waals surface area contributed by atoms with Crippen LogP contribution < -0.4 is 35.5 Å². The minimum atomic E-state index is -2.49. The molecular weight excluding hydrogens is 1230 g/mol. The molecule has 3 aromatic carbocycles. The number of imidazole rings is 1. The van der Waals surface area contributed by atoms with Crippen molar-refractivity contribution in [3.63, 3.8) is 0 Å². The Kier molecular flexibility index (Phi) is 22.1. The first-order valence-electron chi connectivity index (χ1n) is 29.1. The summed E-state index contributed by atoms with van der Waals surface area (Å²) in [7, 11) is 0. The van der Waals surface area contributed by atoms with E-state index in [2.05, 4.69) is 40.8 Å². The van der Waals surface area contributed by atoms with Crippen LogP contribution in [-0.4, -0.2) is 217 Å². The van der Waals surface area contributed by atoms with Gasteiger partial charge in [0, 0.05) is 55.1 Å². The highest BCUT2D eigenvalue weighted by Gasteiger charge is 2.50. The van der Waals surface area contributed by atoms with Gasteiger partial charge in [-0.25, -0.2) is 21.3 Å². The standard InChI is InChI=1S/C58H69N11O20S2/c1-27-24-68-46(47(27)75)54(82)60-22-33(71)20-37(61-50(78)30-11-9-29(10-12-30)38-26-69-58(62-38)90-55(66-69)31-13-16-36(17-14-31)86-35-7-5-4-6-8-35)51(79)63-43(28(2)70)56(83)67-25-34(72)21-39(67)52(80)65-45(53(81)64-44(57(68)84)41(74)23-59-3)49(77)48(76)32-15-18-40(73)42(19-32)87-91-89-88-85/h9-19,26-28,33-35,37,39,41,43-49,70-77,85H,4-8,20-25H2,1-2H3,(H,60,82)(H,61,78)(H,63,79)(H,64,81)(H,65,80)/t27-,28+,33+,34+,37+,39+,41-,43+,44+,45+,46+,47+,48+,49+/m1/s1. The third kappa shape index (κ3) is 15.8. The summed E-state index contributed by atoms with van der Waals surface area (Å²) >= 11 is 1.35. The average molecular weight is 1300 g/mol. The third-order valence-corrected chi connectivity index (χ3v) is 17.6. The van der Waals surface area contributed by atoms with Crippen molar-refractivity contribution in [1.82, 2.24) is 51.0 Å². The van der Waals surface area contributed by atoms with Crippen LogP contribution in [0.25, 0.3) is 31.6 Å². The van der Waals surface area contributed by atoms with Crippen molar-refractivity contribution in [3.8, 4) is 39.1 Å². The number of phenolic OH excluding ortho intramolecular Hbond substituents is 1. The van der Waals surface area contributed by atoms with Gasteiger partial charge in [-0.05, 0) is 86.7 Å². The second kappa shape index (κ2) is 29.9. The van der Waals surface area contributed by atoms with Gasteiger partial charge in [0.1, 0.15) is 59.2 Å². The Balaban J connectivity index is 0.985. The van der Waals surface area contributed by atoms with E-state index < -0.39 is 177 Å². The number of nitrogens with zero attached hydrogens (tertiary/aromatic N) is 6. The molecule has 9 rings (SSSR count). The molecular formula is C58H69N11O20S2. The molecule has 4 aliphatic rings. The van der Waals surface area contributed by atoms with Gasteiger partial charge >= 0.3 is 0 Å². The van der Waals surface area contributed by atoms with Crippen LogP contribution in [0.3, 0.4) is 0 Å². The maximum atomic E-state index is 14.7. The normalized spacial score (nSPS) is 26.4. The molecule has 5 aromatic rings. The number of phenols is 1. The minimum absolute atomic E-state index is 0.000699. The van der Waals surface area contributed by atoms with Crippen molar-refractivity contribution in [2.45, 2.75) is 144 Å². The highest BCUT2D eigenvalue weighted by Crippen LogP contribution is 2.35. The van der Waals surface area contributed by atoms with Crippen LogP contribution in [0.2, 0.25) is 0 Å². The van der Waals surface area contributed by atoms with Gasteiger partial charge in [-0.2, -0.15) is 5.10 Å². The van der Waals surface area contributed by atoms with Crippen LogP contribution in [0.5, 0.6) is 17.2 Å². The Labute approximate surface area is 527 Å². The molecule has 1 aliphatic carbocycles. The summed E-state index contributed by atoms with van der Waals surface area (Å²) < 4.78 is 17.0. The Morgan fingerprint density at radius 3 is 2.19 bits per heavy atom. The van der Waals surface area contributed by atoms with Crippen molar-refractivity contribution in [1.29, 1.82) is 0 Å². The zero-order valence-electron chi connectivity index (χ0n) is 48.9. The van der Waals surface area contributed by atoms with Crippen LogP contribution in [0.1, 0.15) is 80.8 Å². The number of fused-ring (bicyclic) bond motifs is 3. The van der Waals surface area contributed by atoms with Crippen molar-refractivity contribution < 1.29 is 98.0 Å². The number of aliphatic hydroxyl groups is 7. The number of hydrogen-bond acceptors (Lipinski definition) is 24. The Morgan fingerprint density at radius 2 is 1.51 bits per heavy atom. The number of nitrogens with one attached hydrogen (secondary N) is 5. The van der Waals surface area contributed by atoms with Gasteiger partial charge in [-0.3, -0.25) is 33.6 Å². The molecule has 2 aromatic heterocycles. The summed E-state index contributed by atoms with van der Waals surface area (Å²) in [4.78, 5) is 111. The SMILES string of the molecule is [C-]#[N+]C[C@@H](O)[C@@H]1NC(=O)[C@H]([C@H](O)[C@@H](O)c2ccc(O)c(OSOOO)c2)NC(=O)[C@@H]2C[C@H](O)CN2C(=O)[C@H]([C@H](C)O)NC(=O)[C@@H](NC(=O)c2ccc(-c3cn4nc(-c5ccc(OC6CCCCC6)cc5)sc4n3)cc2)C[C@H](O)CNC(=O)[C@@H]2[C@@H](O)[C@H](C)CN2C1=O. The third-order valence-electron chi connectivity index (χ3n) is 16.3. The fraction of sp³-hybridized carbons (Fsp3) is 0.483. The molecule has 14 N–H and O–H groups in total. The van der Waals surface area contributed by atoms with Gasteiger partial charge in [-0.15, -0.1) is 0 Å². The molecule has 14 atom stereocenters. The van der Waals surface area contributed by atoms with E-state index in [4.69, 9.17) is 30.8 Å². The van der Waals surface area contributed by atoms with Gasteiger partial charge in [0.05, 0.1) is 42.4 Å². The van der Waals surface area contributed by atoms with Gasteiger partial charge in [0.2, 0.25) is 46.9 Å². The second-order valence-electron chi connectivity index (χ2n) is 22.8. The Morgan fingerprint density at radius 1 is 0.824 bits per heavy atom. The number of ether oxygens (including phenoxy) is 1. The van der Waals surface area contributed by atoms with Crippen molar-refractivity contribution in [2.75, 3.05) is 26.2 Å². The Bertz CT molecular complexity index is 3440. The number of carbonyl (C=O) groups excluding carboxylic acids is 7. The molecule has 33 heteroatoms. The van der Waals surface area contributed by atoms with E-state index in [1.165, 1.54) is 36.8 Å². The van der Waals surface area contributed by atoms with Crippen LogP contribution in [0.4, 0.5) is 0 Å². The van der Waals surface area contributed by atoms with E-state index >= 15 is 0 Å². The first kappa shape index (κ1) is 67.3. The van der Waals surface area contributed by atoms with E-state index in [0.717, 1.165) is 76.9 Å². The number of aliphatic hydroxyl groups excluding tert-OH is 7. The second-order valence-corrected chi connectivity index (χ2v) is 24.2. The minimum Gasteiger partial charge on any atom is -0.504 e. The molecule has 0 bridgehead atoms. The van der Waals surface area contributed by atoms with Crippen molar-refractivity contribution >= 4 is 70.0 Å². The lowest BCUT2D eigenvalue weighted by atomic mass is 9.96. The number of aromatic nitrogens is 3. The summed E-state index contributed by atoms with van der Waals surface area (Å²) in [6, 6.07) is 4.75. The van der Waals surface area contributed by atoms with E-state index in [1.54, 1.807) is 22.8 Å². The maximum absolute atomic E-state index is 14.7. The molecule has 488 valence electrons. The molecule has 91 heavy (non-hydrogen) atoms. The fourth-order valence-electron chi connectivity index (χ4n) is 11.4. The summed E-state index contributed by atoms with van der Waals surface area (Å²) in [5.41, 5.74) is 1.65. The zero-order chi connectivity index (χ0) is 65.4. The monoisotopic (exact) mass is 1300 g/mol. The largest absolute Gasteiger partial charge is 0.504 e. The molecule has 0 radical (unpaired) electrons. The van der Waals surface area contributed by atoms with Crippen molar-refractivity contribution in [3.05, 3.63) is 95.5 Å². The quantitative estimate of drug-likeness (QED) is 0.0190. The number of benzene rings is 3. The number of β-amino-alcohol motifs (C(OH)–C–C–N with tert-alkyl or cyclic N) is 1. The highest BCUT2D eigenvalue weighted by atomic mass is 32.2. The van der Waals surface area contributed by atoms with E-state index in [0.29, 0.717) is 16.2 Å². The van der Waals surface area contributed by atoms with Crippen LogP contribution in [0, 0.1) is 12.5 Å². The number of aromatic hydroxyl groups is 1. The number of carbonyl (C=O) groups is 7. The molecule has 0 unspecified atom stereocenters. The van der Waals surface area contributed by atoms with Crippen molar-refractivity contribution in [2.24, 2.45) is 5.92 Å². The molecule has 0 spiro atoms. The van der Waals surface area contributed by atoms with E-state index in [1.807, 2.05) is 24.3 Å². The summed E-state index contributed by atoms with van der Waals surface area (Å²) in [6.45, 7) is 7.40. The predicted molar refractivity (Wildman–Crippen MR) is 318 cm³/mol. The molecule has 1 saturated carbocycles. The number of rotatable bonds is 16. The van der Waals surface area contributed by atoms with Gasteiger partial charge < -0.3 is 91.0 Å². The van der Waals surface area contributed by atoms with E-state index in [9.17, 15) is 74.4 Å². The van der Waals surface area contributed by atoms with Gasteiger partial charge in [0.15, 0.2) is 17.6 Å². The number of hydrogen-bond donors (Lipinski definition) is 14. The maximum Gasteiger partial charge on any atom is 0.261 e. The first-order valence-corrected chi connectivity index (χ1v) is 30.6. The average Bonchev–Trinajstić information content (AvgIpc) is 1.73. The zero-order valence-corrected chi connectivity index (χ0v) is 50.5. The lowest BCUT2D eigenvalue weighted by Crippen LogP contribution is -2.64. The fourth-order valence-corrected chi connectivity index (χ4v) is 12.5. The molecule has 7 amide bonds.